The largest absolute Gasteiger partial charge is 0.328 e. The third-order valence-corrected chi connectivity index (χ3v) is 3.71. The van der Waals surface area contributed by atoms with Crippen LogP contribution in [0.4, 0.5) is 5.82 Å². The first-order chi connectivity index (χ1) is 8.56. The van der Waals surface area contributed by atoms with E-state index in [2.05, 4.69) is 10.3 Å². The Labute approximate surface area is 108 Å². The molecule has 4 nitrogen and oxygen atoms in total. The molecule has 0 aliphatic heterocycles. The van der Waals surface area contributed by atoms with Crippen molar-refractivity contribution in [2.45, 2.75) is 45.6 Å². The molecule has 2 atom stereocenters. The number of nitrogens with zero attached hydrogens (tertiary/aromatic N) is 1. The number of carbonyl (C=O) groups excluding carboxylic acids is 1. The predicted octanol–water partition coefficient (Wildman–Crippen LogP) is 2.15. The summed E-state index contributed by atoms with van der Waals surface area (Å²) in [4.78, 5) is 16.3. The van der Waals surface area contributed by atoms with Crippen LogP contribution in [0.3, 0.4) is 0 Å². The average molecular weight is 247 g/mol. The number of carbonyl (C=O) groups is 1. The summed E-state index contributed by atoms with van der Waals surface area (Å²) >= 11 is 0. The molecule has 0 bridgehead atoms. The van der Waals surface area contributed by atoms with E-state index in [9.17, 15) is 4.79 Å². The maximum Gasteiger partial charge on any atom is 0.228 e. The highest BCUT2D eigenvalue weighted by Gasteiger charge is 2.25. The van der Waals surface area contributed by atoms with Gasteiger partial charge in [0.2, 0.25) is 5.91 Å². The van der Waals surface area contributed by atoms with Crippen molar-refractivity contribution >= 4 is 11.7 Å². The maximum absolute atomic E-state index is 12.1. The number of hydrogen-bond acceptors (Lipinski definition) is 3. The summed E-state index contributed by atoms with van der Waals surface area (Å²) in [5.41, 5.74) is 8.18. The van der Waals surface area contributed by atoms with Crippen LogP contribution in [-0.2, 0) is 4.79 Å². The number of amides is 1. The first-order valence-corrected chi connectivity index (χ1v) is 6.56. The van der Waals surface area contributed by atoms with Gasteiger partial charge in [-0.25, -0.2) is 4.98 Å². The van der Waals surface area contributed by atoms with Crippen LogP contribution in [0.2, 0.25) is 0 Å². The SMILES string of the molecule is Cc1cnc(NC(=O)[C@H]2CCC[C@@H](N)C2)cc1C. The fourth-order valence-corrected chi connectivity index (χ4v) is 2.39. The Morgan fingerprint density at radius 2 is 2.17 bits per heavy atom. The zero-order valence-electron chi connectivity index (χ0n) is 11.1. The smallest absolute Gasteiger partial charge is 0.228 e. The fraction of sp³-hybridized carbons (Fsp3) is 0.571. The van der Waals surface area contributed by atoms with E-state index in [0.29, 0.717) is 5.82 Å². The van der Waals surface area contributed by atoms with Gasteiger partial charge in [-0.15, -0.1) is 0 Å². The van der Waals surface area contributed by atoms with E-state index in [1.165, 1.54) is 0 Å². The summed E-state index contributed by atoms with van der Waals surface area (Å²) < 4.78 is 0. The van der Waals surface area contributed by atoms with Crippen molar-refractivity contribution in [2.24, 2.45) is 11.7 Å². The summed E-state index contributed by atoms with van der Waals surface area (Å²) in [6.45, 7) is 4.03. The number of aryl methyl sites for hydroxylation is 2. The zero-order valence-corrected chi connectivity index (χ0v) is 11.1. The Bertz CT molecular complexity index is 445. The van der Waals surface area contributed by atoms with Crippen LogP contribution in [0.25, 0.3) is 0 Å². The second-order valence-corrected chi connectivity index (χ2v) is 5.27. The molecule has 0 saturated heterocycles. The molecule has 1 aliphatic carbocycles. The van der Waals surface area contributed by atoms with Gasteiger partial charge in [0, 0.05) is 18.2 Å². The van der Waals surface area contributed by atoms with E-state index in [4.69, 9.17) is 5.73 Å². The number of rotatable bonds is 2. The van der Waals surface area contributed by atoms with Gasteiger partial charge in [-0.05, 0) is 50.3 Å². The Hall–Kier alpha value is -1.42. The normalized spacial score (nSPS) is 23.7. The number of nitrogens with one attached hydrogen (secondary N) is 1. The van der Waals surface area contributed by atoms with Crippen molar-refractivity contribution in [3.05, 3.63) is 23.4 Å². The highest BCUT2D eigenvalue weighted by molar-refractivity contribution is 5.91. The summed E-state index contributed by atoms with van der Waals surface area (Å²) in [6, 6.07) is 2.08. The lowest BCUT2D eigenvalue weighted by Gasteiger charge is -2.25. The van der Waals surface area contributed by atoms with Crippen LogP contribution in [0.15, 0.2) is 12.3 Å². The predicted molar refractivity (Wildman–Crippen MR) is 72.3 cm³/mol. The van der Waals surface area contributed by atoms with Crippen LogP contribution in [-0.4, -0.2) is 16.9 Å². The molecule has 1 saturated carbocycles. The molecule has 4 heteroatoms. The standard InChI is InChI=1S/C14H21N3O/c1-9-6-13(16-8-10(9)2)17-14(18)11-4-3-5-12(15)7-11/h6,8,11-12H,3-5,7,15H2,1-2H3,(H,16,17,18)/t11-,12+/m0/s1. The zero-order chi connectivity index (χ0) is 13.1. The van der Waals surface area contributed by atoms with Crippen LogP contribution < -0.4 is 11.1 Å². The third kappa shape index (κ3) is 3.07. The van der Waals surface area contributed by atoms with Gasteiger partial charge in [-0.3, -0.25) is 4.79 Å². The van der Waals surface area contributed by atoms with E-state index < -0.39 is 0 Å². The van der Waals surface area contributed by atoms with E-state index >= 15 is 0 Å². The minimum absolute atomic E-state index is 0.0390. The molecule has 1 aromatic rings. The lowest BCUT2D eigenvalue weighted by Crippen LogP contribution is -2.34. The Morgan fingerprint density at radius 1 is 1.39 bits per heavy atom. The van der Waals surface area contributed by atoms with E-state index in [0.717, 1.165) is 36.8 Å². The van der Waals surface area contributed by atoms with E-state index in [-0.39, 0.29) is 17.9 Å². The summed E-state index contributed by atoms with van der Waals surface area (Å²) in [5.74, 6) is 0.736. The Balaban J connectivity index is 2.00. The van der Waals surface area contributed by atoms with Crippen molar-refractivity contribution in [3.63, 3.8) is 0 Å². The highest BCUT2D eigenvalue weighted by Crippen LogP contribution is 2.24. The number of anilines is 1. The van der Waals surface area contributed by atoms with Gasteiger partial charge in [0.25, 0.3) is 0 Å². The van der Waals surface area contributed by atoms with Gasteiger partial charge in [-0.1, -0.05) is 6.42 Å². The average Bonchev–Trinajstić information content (AvgIpc) is 2.34. The molecule has 0 spiro atoms. The van der Waals surface area contributed by atoms with Gasteiger partial charge in [0.05, 0.1) is 0 Å². The van der Waals surface area contributed by atoms with Gasteiger partial charge < -0.3 is 11.1 Å². The number of aromatic nitrogens is 1. The summed E-state index contributed by atoms with van der Waals surface area (Å²) in [5, 5.41) is 2.89. The Morgan fingerprint density at radius 3 is 2.83 bits per heavy atom. The lowest BCUT2D eigenvalue weighted by molar-refractivity contribution is -0.120. The van der Waals surface area contributed by atoms with Gasteiger partial charge in [0.1, 0.15) is 5.82 Å². The quantitative estimate of drug-likeness (QED) is 0.841. The fourth-order valence-electron chi connectivity index (χ4n) is 2.39. The van der Waals surface area contributed by atoms with Crippen LogP contribution in [0, 0.1) is 19.8 Å². The molecule has 1 heterocycles. The molecular weight excluding hydrogens is 226 g/mol. The van der Waals surface area contributed by atoms with Crippen LogP contribution in [0.5, 0.6) is 0 Å². The highest BCUT2D eigenvalue weighted by atomic mass is 16.1. The molecule has 1 aromatic heterocycles. The maximum atomic E-state index is 12.1. The first-order valence-electron chi connectivity index (χ1n) is 6.56. The molecular formula is C14H21N3O. The molecule has 98 valence electrons. The molecule has 1 fully saturated rings. The Kier molecular flexibility index (Phi) is 3.97. The number of nitrogens with two attached hydrogens (primary N) is 1. The minimum atomic E-state index is 0.0390. The van der Waals surface area contributed by atoms with Crippen LogP contribution >= 0.6 is 0 Å². The molecule has 3 N–H and O–H groups in total. The van der Waals surface area contributed by atoms with Crippen molar-refractivity contribution in [1.82, 2.24) is 4.98 Å². The minimum Gasteiger partial charge on any atom is -0.328 e. The van der Waals surface area contributed by atoms with Crippen molar-refractivity contribution < 1.29 is 4.79 Å². The molecule has 1 amide bonds. The topological polar surface area (TPSA) is 68.0 Å². The van der Waals surface area contributed by atoms with Gasteiger partial charge in [0.15, 0.2) is 0 Å². The van der Waals surface area contributed by atoms with Crippen LogP contribution in [0.1, 0.15) is 36.8 Å². The molecule has 0 unspecified atom stereocenters. The molecule has 0 aromatic carbocycles. The van der Waals surface area contributed by atoms with Crippen molar-refractivity contribution in [1.29, 1.82) is 0 Å². The molecule has 18 heavy (non-hydrogen) atoms. The summed E-state index contributed by atoms with van der Waals surface area (Å²) in [6.07, 6.45) is 5.59. The second-order valence-electron chi connectivity index (χ2n) is 5.27. The van der Waals surface area contributed by atoms with Crippen molar-refractivity contribution in [3.8, 4) is 0 Å². The van der Waals surface area contributed by atoms with Gasteiger partial charge in [-0.2, -0.15) is 0 Å². The van der Waals surface area contributed by atoms with E-state index in [1.54, 1.807) is 6.20 Å². The van der Waals surface area contributed by atoms with Crippen molar-refractivity contribution in [2.75, 3.05) is 5.32 Å². The molecule has 1 aliphatic rings. The monoisotopic (exact) mass is 247 g/mol. The second kappa shape index (κ2) is 5.48. The summed E-state index contributed by atoms with van der Waals surface area (Å²) in [7, 11) is 0. The molecule has 0 radical (unpaired) electrons. The third-order valence-electron chi connectivity index (χ3n) is 3.71. The first kappa shape index (κ1) is 13.0. The lowest BCUT2D eigenvalue weighted by atomic mass is 9.85. The van der Waals surface area contributed by atoms with Gasteiger partial charge >= 0.3 is 0 Å². The number of pyridine rings is 1. The number of hydrogen-bond donors (Lipinski definition) is 2. The van der Waals surface area contributed by atoms with E-state index in [1.807, 2.05) is 19.9 Å². The molecule has 2 rings (SSSR count).